The molecule has 1 fully saturated rings. The lowest BCUT2D eigenvalue weighted by Crippen LogP contribution is -1.79. The van der Waals surface area contributed by atoms with Crippen molar-refractivity contribution in [3.63, 3.8) is 0 Å². The Morgan fingerprint density at radius 2 is 2.00 bits per heavy atom. The number of benzene rings is 1. The average molecular weight is 176 g/mol. The maximum Gasteiger partial charge on any atom is 0.107 e. The molecule has 1 aromatic rings. The molecule has 68 valence electrons. The number of halogens is 1. The lowest BCUT2D eigenvalue weighted by molar-refractivity contribution is 0.463. The predicted molar refractivity (Wildman–Crippen MR) is 52.3 cm³/mol. The van der Waals surface area contributed by atoms with Crippen LogP contribution in [0.1, 0.15) is 12.0 Å². The molecular weight excluding hydrogens is 163 g/mol. The smallest absolute Gasteiger partial charge is 0.107 e. The fourth-order valence-corrected chi connectivity index (χ4v) is 1.37. The van der Waals surface area contributed by atoms with Crippen LogP contribution in [0.5, 0.6) is 0 Å². The fourth-order valence-electron chi connectivity index (χ4n) is 1.37. The molecule has 0 aromatic heterocycles. The van der Waals surface area contributed by atoms with Crippen molar-refractivity contribution in [2.24, 2.45) is 5.92 Å². The van der Waals surface area contributed by atoms with Crippen LogP contribution >= 0.6 is 0 Å². The molecule has 0 aliphatic heterocycles. The first kappa shape index (κ1) is 8.49. The van der Waals surface area contributed by atoms with E-state index in [-0.39, 0.29) is 5.92 Å². The van der Waals surface area contributed by atoms with Gasteiger partial charge in [-0.05, 0) is 18.4 Å². The van der Waals surface area contributed by atoms with E-state index in [4.69, 9.17) is 0 Å². The third-order valence-corrected chi connectivity index (χ3v) is 2.34. The summed E-state index contributed by atoms with van der Waals surface area (Å²) in [5.41, 5.74) is 1.29. The molecule has 0 saturated heterocycles. The minimum Gasteiger partial charge on any atom is -0.247 e. The Morgan fingerprint density at radius 1 is 1.31 bits per heavy atom. The Morgan fingerprint density at radius 3 is 2.62 bits per heavy atom. The van der Waals surface area contributed by atoms with Crippen molar-refractivity contribution in [1.29, 1.82) is 0 Å². The lowest BCUT2D eigenvalue weighted by atomic mass is 10.1. The van der Waals surface area contributed by atoms with Gasteiger partial charge in [0.05, 0.1) is 0 Å². The Balaban J connectivity index is 1.83. The summed E-state index contributed by atoms with van der Waals surface area (Å²) in [5.74, 6) is 0.212. The Labute approximate surface area is 78.1 Å². The maximum atomic E-state index is 12.5. The first-order valence-electron chi connectivity index (χ1n) is 4.71. The number of rotatable bonds is 3. The van der Waals surface area contributed by atoms with Crippen LogP contribution in [0.4, 0.5) is 4.39 Å². The van der Waals surface area contributed by atoms with Gasteiger partial charge < -0.3 is 0 Å². The summed E-state index contributed by atoms with van der Waals surface area (Å²) in [7, 11) is 0. The first-order chi connectivity index (χ1) is 6.36. The fraction of sp³-hybridized carbons (Fsp3) is 0.333. The summed E-state index contributed by atoms with van der Waals surface area (Å²) in [5, 5.41) is 0. The third-order valence-electron chi connectivity index (χ3n) is 2.34. The zero-order chi connectivity index (χ0) is 9.10. The van der Waals surface area contributed by atoms with Crippen LogP contribution in [-0.2, 0) is 6.42 Å². The van der Waals surface area contributed by atoms with E-state index in [0.717, 1.165) is 12.8 Å². The SMILES string of the molecule is F[C@@H]1C[C@H]1C=CCc1ccccc1. The topological polar surface area (TPSA) is 0 Å². The highest BCUT2D eigenvalue weighted by Gasteiger charge is 2.34. The normalized spacial score (nSPS) is 26.5. The van der Waals surface area contributed by atoms with Gasteiger partial charge in [-0.1, -0.05) is 42.5 Å². The molecule has 0 heterocycles. The molecule has 0 unspecified atom stereocenters. The molecule has 0 bridgehead atoms. The van der Waals surface area contributed by atoms with Crippen LogP contribution in [0.3, 0.4) is 0 Å². The molecule has 0 N–H and O–H groups in total. The number of hydrogen-bond acceptors (Lipinski definition) is 0. The van der Waals surface area contributed by atoms with Gasteiger partial charge in [-0.2, -0.15) is 0 Å². The van der Waals surface area contributed by atoms with E-state index < -0.39 is 6.17 Å². The van der Waals surface area contributed by atoms with Gasteiger partial charge in [0.25, 0.3) is 0 Å². The second-order valence-corrected chi connectivity index (χ2v) is 3.53. The molecule has 13 heavy (non-hydrogen) atoms. The predicted octanol–water partition coefficient (Wildman–Crippen LogP) is 3.14. The highest BCUT2D eigenvalue weighted by atomic mass is 19.1. The number of alkyl halides is 1. The second-order valence-electron chi connectivity index (χ2n) is 3.53. The van der Waals surface area contributed by atoms with E-state index in [0.29, 0.717) is 0 Å². The Bertz CT molecular complexity index is 289. The summed E-state index contributed by atoms with van der Waals surface area (Å²) in [6.07, 6.45) is 5.15. The molecular formula is C12H13F. The molecule has 0 radical (unpaired) electrons. The van der Waals surface area contributed by atoms with Crippen LogP contribution < -0.4 is 0 Å². The van der Waals surface area contributed by atoms with Crippen molar-refractivity contribution in [3.8, 4) is 0 Å². The molecule has 0 nitrogen and oxygen atoms in total. The molecule has 1 heteroatoms. The van der Waals surface area contributed by atoms with Gasteiger partial charge >= 0.3 is 0 Å². The number of hydrogen-bond donors (Lipinski definition) is 0. The Hall–Kier alpha value is -1.11. The second kappa shape index (κ2) is 3.73. The lowest BCUT2D eigenvalue weighted by Gasteiger charge is -1.93. The van der Waals surface area contributed by atoms with Crippen LogP contribution in [-0.4, -0.2) is 6.17 Å². The van der Waals surface area contributed by atoms with Gasteiger partial charge in [0, 0.05) is 5.92 Å². The van der Waals surface area contributed by atoms with E-state index in [1.54, 1.807) is 0 Å². The van der Waals surface area contributed by atoms with Gasteiger partial charge in [-0.25, -0.2) is 4.39 Å². The van der Waals surface area contributed by atoms with E-state index in [1.165, 1.54) is 5.56 Å². The van der Waals surface area contributed by atoms with Crippen molar-refractivity contribution < 1.29 is 4.39 Å². The molecule has 1 saturated carbocycles. The average Bonchev–Trinajstić information content (AvgIpc) is 2.84. The molecule has 0 amide bonds. The molecule has 0 spiro atoms. The maximum absolute atomic E-state index is 12.5. The van der Waals surface area contributed by atoms with Gasteiger partial charge in [-0.3, -0.25) is 0 Å². The summed E-state index contributed by atoms with van der Waals surface area (Å²) in [6.45, 7) is 0. The zero-order valence-electron chi connectivity index (χ0n) is 7.49. The first-order valence-corrected chi connectivity index (χ1v) is 4.71. The van der Waals surface area contributed by atoms with Crippen molar-refractivity contribution >= 4 is 0 Å². The quantitative estimate of drug-likeness (QED) is 0.621. The standard InChI is InChI=1S/C12H13F/c13-12-9-11(12)8-4-7-10-5-2-1-3-6-10/h1-6,8,11-12H,7,9H2/t11-,12-/m1/s1. The van der Waals surface area contributed by atoms with E-state index in [9.17, 15) is 4.39 Å². The molecule has 1 aromatic carbocycles. The molecule has 1 aliphatic rings. The van der Waals surface area contributed by atoms with Gasteiger partial charge in [-0.15, -0.1) is 0 Å². The van der Waals surface area contributed by atoms with Gasteiger partial charge in [0.15, 0.2) is 0 Å². The van der Waals surface area contributed by atoms with E-state index >= 15 is 0 Å². The third kappa shape index (κ3) is 2.41. The largest absolute Gasteiger partial charge is 0.247 e. The summed E-state index contributed by atoms with van der Waals surface area (Å²) < 4.78 is 12.5. The zero-order valence-corrected chi connectivity index (χ0v) is 7.49. The van der Waals surface area contributed by atoms with Gasteiger partial charge in [0.2, 0.25) is 0 Å². The summed E-state index contributed by atoms with van der Waals surface area (Å²) in [4.78, 5) is 0. The van der Waals surface area contributed by atoms with Crippen LogP contribution in [0.25, 0.3) is 0 Å². The van der Waals surface area contributed by atoms with Gasteiger partial charge in [0.1, 0.15) is 6.17 Å². The highest BCUT2D eigenvalue weighted by molar-refractivity contribution is 5.18. The Kier molecular flexibility index (Phi) is 2.44. The van der Waals surface area contributed by atoms with Crippen molar-refractivity contribution in [3.05, 3.63) is 48.0 Å². The van der Waals surface area contributed by atoms with Crippen LogP contribution in [0.15, 0.2) is 42.5 Å². The summed E-state index contributed by atoms with van der Waals surface area (Å²) >= 11 is 0. The van der Waals surface area contributed by atoms with Crippen LogP contribution in [0, 0.1) is 5.92 Å². The van der Waals surface area contributed by atoms with E-state index in [1.807, 2.05) is 24.3 Å². The highest BCUT2D eigenvalue weighted by Crippen LogP contribution is 2.34. The minimum atomic E-state index is -0.563. The van der Waals surface area contributed by atoms with Crippen LogP contribution in [0.2, 0.25) is 0 Å². The van der Waals surface area contributed by atoms with Crippen molar-refractivity contribution in [1.82, 2.24) is 0 Å². The van der Waals surface area contributed by atoms with Crippen molar-refractivity contribution in [2.45, 2.75) is 19.0 Å². The minimum absolute atomic E-state index is 0.212. The van der Waals surface area contributed by atoms with E-state index in [2.05, 4.69) is 18.2 Å². The summed E-state index contributed by atoms with van der Waals surface area (Å²) in [6, 6.07) is 10.2. The molecule has 2 atom stereocenters. The molecule has 1 aliphatic carbocycles. The molecule has 2 rings (SSSR count). The van der Waals surface area contributed by atoms with Crippen molar-refractivity contribution in [2.75, 3.05) is 0 Å². The number of allylic oxidation sites excluding steroid dienone is 2. The monoisotopic (exact) mass is 176 g/mol.